The summed E-state index contributed by atoms with van der Waals surface area (Å²) in [5.74, 6) is 0.553. The van der Waals surface area contributed by atoms with E-state index in [2.05, 4.69) is 24.1 Å². The minimum Gasteiger partial charge on any atom is -0.489 e. The highest BCUT2D eigenvalue weighted by Crippen LogP contribution is 2.31. The normalized spacial score (nSPS) is 28.3. The van der Waals surface area contributed by atoms with Crippen molar-refractivity contribution in [1.29, 1.82) is 0 Å². The molecule has 0 saturated carbocycles. The van der Waals surface area contributed by atoms with Crippen LogP contribution >= 0.6 is 0 Å². The van der Waals surface area contributed by atoms with E-state index in [0.717, 1.165) is 37.4 Å². The summed E-state index contributed by atoms with van der Waals surface area (Å²) >= 11 is 0. The van der Waals surface area contributed by atoms with Crippen LogP contribution in [0.15, 0.2) is 18.2 Å². The molecule has 150 valence electrons. The number of amides is 3. The van der Waals surface area contributed by atoms with Gasteiger partial charge in [0.25, 0.3) is 5.91 Å². The van der Waals surface area contributed by atoms with Crippen molar-refractivity contribution < 1.29 is 19.1 Å². The summed E-state index contributed by atoms with van der Waals surface area (Å²) in [6, 6.07) is 4.98. The van der Waals surface area contributed by atoms with Gasteiger partial charge in [0.2, 0.25) is 11.8 Å². The zero-order chi connectivity index (χ0) is 19.8. The van der Waals surface area contributed by atoms with Crippen molar-refractivity contribution in [2.45, 2.75) is 51.8 Å². The van der Waals surface area contributed by atoms with E-state index < -0.39 is 6.04 Å². The topological polar surface area (TPSA) is 79.0 Å². The van der Waals surface area contributed by atoms with Gasteiger partial charge in [-0.2, -0.15) is 0 Å². The Labute approximate surface area is 165 Å². The molecule has 0 aromatic heterocycles. The van der Waals surface area contributed by atoms with Gasteiger partial charge in [-0.05, 0) is 49.1 Å². The number of hydrogen-bond donors (Lipinski definition) is 1. The number of likely N-dealkylation sites (N-methyl/N-ethyl adjacent to an activating group) is 1. The molecule has 3 aliphatic rings. The molecule has 2 saturated heterocycles. The highest BCUT2D eigenvalue weighted by Gasteiger charge is 2.39. The number of benzene rings is 1. The number of fused-ring (bicyclic) bond motifs is 1. The van der Waals surface area contributed by atoms with Gasteiger partial charge in [-0.15, -0.1) is 0 Å². The second-order valence-corrected chi connectivity index (χ2v) is 8.15. The Balaban J connectivity index is 1.46. The number of ether oxygens (including phenoxy) is 1. The Hall–Kier alpha value is -2.41. The number of nitrogens with one attached hydrogen (secondary N) is 1. The van der Waals surface area contributed by atoms with Crippen molar-refractivity contribution >= 4 is 17.7 Å². The average molecular weight is 385 g/mol. The van der Waals surface area contributed by atoms with E-state index >= 15 is 0 Å². The predicted molar refractivity (Wildman–Crippen MR) is 103 cm³/mol. The van der Waals surface area contributed by atoms with Crippen LogP contribution in [0.25, 0.3) is 0 Å². The predicted octanol–water partition coefficient (Wildman–Crippen LogP) is 1.56. The van der Waals surface area contributed by atoms with Gasteiger partial charge in [-0.25, -0.2) is 0 Å². The molecule has 1 N–H and O–H groups in total. The smallest absolute Gasteiger partial charge is 0.255 e. The van der Waals surface area contributed by atoms with E-state index in [-0.39, 0.29) is 30.2 Å². The van der Waals surface area contributed by atoms with Crippen molar-refractivity contribution in [2.24, 2.45) is 5.92 Å². The molecular formula is C21H27N3O4. The van der Waals surface area contributed by atoms with Crippen LogP contribution in [0.2, 0.25) is 0 Å². The summed E-state index contributed by atoms with van der Waals surface area (Å²) in [5.41, 5.74) is 1.49. The fraction of sp³-hybridized carbons (Fsp3) is 0.571. The van der Waals surface area contributed by atoms with Crippen LogP contribution in [0.5, 0.6) is 5.75 Å². The first-order chi connectivity index (χ1) is 13.4. The lowest BCUT2D eigenvalue weighted by Gasteiger charge is -2.35. The molecule has 7 heteroatoms. The first kappa shape index (κ1) is 18.9. The maximum Gasteiger partial charge on any atom is 0.255 e. The van der Waals surface area contributed by atoms with Crippen molar-refractivity contribution in [3.63, 3.8) is 0 Å². The summed E-state index contributed by atoms with van der Waals surface area (Å²) in [6.45, 7) is 7.83. The van der Waals surface area contributed by atoms with Gasteiger partial charge < -0.3 is 9.64 Å². The van der Waals surface area contributed by atoms with Gasteiger partial charge in [-0.1, -0.05) is 13.8 Å². The van der Waals surface area contributed by atoms with E-state index in [1.165, 1.54) is 0 Å². The number of nitrogens with zero attached hydrogens (tertiary/aromatic N) is 2. The number of carbonyl (C=O) groups is 3. The summed E-state index contributed by atoms with van der Waals surface area (Å²) in [4.78, 5) is 40.3. The highest BCUT2D eigenvalue weighted by molar-refractivity contribution is 6.05. The van der Waals surface area contributed by atoms with E-state index in [4.69, 9.17) is 4.74 Å². The largest absolute Gasteiger partial charge is 0.489 e. The van der Waals surface area contributed by atoms with Crippen molar-refractivity contribution in [3.05, 3.63) is 29.3 Å². The lowest BCUT2D eigenvalue weighted by atomic mass is 9.98. The van der Waals surface area contributed by atoms with Crippen molar-refractivity contribution in [3.8, 4) is 5.75 Å². The van der Waals surface area contributed by atoms with Gasteiger partial charge in [0.1, 0.15) is 17.9 Å². The number of hydrogen-bond acceptors (Lipinski definition) is 5. The molecule has 0 aliphatic carbocycles. The molecule has 1 aromatic carbocycles. The number of piperidine rings is 2. The molecule has 0 radical (unpaired) electrons. The van der Waals surface area contributed by atoms with Crippen molar-refractivity contribution in [1.82, 2.24) is 15.1 Å². The second kappa shape index (κ2) is 7.54. The van der Waals surface area contributed by atoms with Gasteiger partial charge in [0, 0.05) is 31.6 Å². The zero-order valence-electron chi connectivity index (χ0n) is 16.4. The maximum absolute atomic E-state index is 12.8. The third-order valence-electron chi connectivity index (χ3n) is 5.94. The van der Waals surface area contributed by atoms with Crippen molar-refractivity contribution in [2.75, 3.05) is 19.6 Å². The van der Waals surface area contributed by atoms with E-state index in [1.807, 2.05) is 12.1 Å². The highest BCUT2D eigenvalue weighted by atomic mass is 16.5. The molecule has 7 nitrogen and oxygen atoms in total. The Kier molecular flexibility index (Phi) is 5.10. The van der Waals surface area contributed by atoms with E-state index in [0.29, 0.717) is 24.4 Å². The number of imide groups is 1. The molecule has 2 fully saturated rings. The monoisotopic (exact) mass is 385 g/mol. The molecule has 28 heavy (non-hydrogen) atoms. The molecule has 4 rings (SSSR count). The van der Waals surface area contributed by atoms with E-state index in [9.17, 15) is 14.4 Å². The molecule has 0 unspecified atom stereocenters. The number of likely N-dealkylation sites (tertiary alicyclic amines) is 1. The Morgan fingerprint density at radius 3 is 2.79 bits per heavy atom. The molecule has 3 amide bonds. The first-order valence-electron chi connectivity index (χ1n) is 10.1. The third kappa shape index (κ3) is 3.63. The van der Waals surface area contributed by atoms with Gasteiger partial charge in [0.05, 0.1) is 0 Å². The first-order valence-corrected chi connectivity index (χ1v) is 10.1. The Morgan fingerprint density at radius 2 is 2.04 bits per heavy atom. The molecular weight excluding hydrogens is 358 g/mol. The Morgan fingerprint density at radius 1 is 1.21 bits per heavy atom. The van der Waals surface area contributed by atoms with Crippen LogP contribution in [-0.4, -0.2) is 59.3 Å². The zero-order valence-corrected chi connectivity index (χ0v) is 16.4. The molecule has 3 atom stereocenters. The molecule has 3 aliphatic heterocycles. The van der Waals surface area contributed by atoms with E-state index in [1.54, 1.807) is 11.0 Å². The molecule has 0 spiro atoms. The van der Waals surface area contributed by atoms with Crippen LogP contribution in [0.3, 0.4) is 0 Å². The summed E-state index contributed by atoms with van der Waals surface area (Å²) in [7, 11) is 0. The minimum atomic E-state index is -0.584. The minimum absolute atomic E-state index is 0.144. The lowest BCUT2D eigenvalue weighted by Crippen LogP contribution is -2.52. The Bertz CT molecular complexity index is 809. The second-order valence-electron chi connectivity index (χ2n) is 8.15. The SMILES string of the molecule is CCN1C[C@@H](C)C[C@@H](Oc2ccc3c(c2)CN([C@@H]2CCC(=O)NC2=O)C3=O)C1. The number of rotatable bonds is 4. The fourth-order valence-corrected chi connectivity index (χ4v) is 4.56. The van der Waals surface area contributed by atoms with Crippen LogP contribution in [-0.2, 0) is 16.1 Å². The lowest BCUT2D eigenvalue weighted by molar-refractivity contribution is -0.136. The van der Waals surface area contributed by atoms with Gasteiger partial charge in [-0.3, -0.25) is 24.6 Å². The number of carbonyl (C=O) groups excluding carboxylic acids is 3. The van der Waals surface area contributed by atoms with Gasteiger partial charge >= 0.3 is 0 Å². The van der Waals surface area contributed by atoms with Crippen LogP contribution in [0.4, 0.5) is 0 Å². The standard InChI is InChI=1S/C21H27N3O4/c1-3-23-10-13(2)8-16(12-23)28-15-4-5-17-14(9-15)11-24(21(17)27)18-6-7-19(25)22-20(18)26/h4-5,9,13,16,18H,3,6-8,10-12H2,1-2H3,(H,22,25,26)/t13-,16+,18+/m0/s1. The average Bonchev–Trinajstić information content (AvgIpc) is 2.97. The summed E-state index contributed by atoms with van der Waals surface area (Å²) < 4.78 is 6.24. The van der Waals surface area contributed by atoms with Gasteiger partial charge in [0.15, 0.2) is 0 Å². The summed E-state index contributed by atoms with van der Waals surface area (Å²) in [5, 5.41) is 2.33. The maximum atomic E-state index is 12.8. The third-order valence-corrected chi connectivity index (χ3v) is 5.94. The van der Waals surface area contributed by atoms with Crippen LogP contribution in [0.1, 0.15) is 49.0 Å². The fourth-order valence-electron chi connectivity index (χ4n) is 4.56. The van der Waals surface area contributed by atoms with Crippen LogP contribution < -0.4 is 10.1 Å². The van der Waals surface area contributed by atoms with Crippen LogP contribution in [0, 0.1) is 5.92 Å². The molecule has 1 aromatic rings. The quantitative estimate of drug-likeness (QED) is 0.796. The summed E-state index contributed by atoms with van der Waals surface area (Å²) in [6.07, 6.45) is 1.80. The molecule has 0 bridgehead atoms. The molecule has 3 heterocycles.